The molecule has 4 aliphatic rings. The van der Waals surface area contributed by atoms with Gasteiger partial charge in [0.15, 0.2) is 0 Å². The molecule has 232 valence electrons. The summed E-state index contributed by atoms with van der Waals surface area (Å²) >= 11 is 0. The SMILES string of the molecule is CC(CCC(=O)OC(C(F)(F)F)C(F)(F)S(=O)(=O)O)[C@@H]1CC[C@H]2[C@@H]3C(=O)C[C@H]4CC(=O)CC[C@]4(C)[C@H]3CC(=O)[C@]12C. The van der Waals surface area contributed by atoms with E-state index >= 15 is 0 Å². The number of Topliss-reactive ketones (excluding diaryl/α,β-unsaturated/α-hetero) is 3. The molecule has 0 radical (unpaired) electrons. The Balaban J connectivity index is 1.47. The van der Waals surface area contributed by atoms with Crippen LogP contribution in [0.15, 0.2) is 0 Å². The van der Waals surface area contributed by atoms with E-state index in [9.17, 15) is 49.5 Å². The summed E-state index contributed by atoms with van der Waals surface area (Å²) < 4.78 is 101. The van der Waals surface area contributed by atoms with Crippen LogP contribution in [0.1, 0.15) is 78.6 Å². The van der Waals surface area contributed by atoms with Gasteiger partial charge in [0.2, 0.25) is 0 Å². The van der Waals surface area contributed by atoms with Gasteiger partial charge in [-0.15, -0.1) is 0 Å². The minimum Gasteiger partial charge on any atom is -0.445 e. The third-order valence-electron chi connectivity index (χ3n) is 10.9. The van der Waals surface area contributed by atoms with Gasteiger partial charge in [0.05, 0.1) is 0 Å². The van der Waals surface area contributed by atoms with E-state index in [4.69, 9.17) is 4.55 Å². The predicted octanol–water partition coefficient (Wildman–Crippen LogP) is 4.94. The fraction of sp³-hybridized carbons (Fsp3) is 0.852. The zero-order valence-electron chi connectivity index (χ0n) is 23.0. The molecule has 0 saturated heterocycles. The van der Waals surface area contributed by atoms with Gasteiger partial charge in [-0.25, -0.2) is 0 Å². The zero-order valence-corrected chi connectivity index (χ0v) is 23.8. The van der Waals surface area contributed by atoms with E-state index in [1.807, 2.05) is 0 Å². The number of rotatable bonds is 7. The molecule has 0 bridgehead atoms. The van der Waals surface area contributed by atoms with Crippen molar-refractivity contribution in [1.29, 1.82) is 0 Å². The van der Waals surface area contributed by atoms with Crippen LogP contribution in [0.3, 0.4) is 0 Å². The molecule has 1 N–H and O–H groups in total. The van der Waals surface area contributed by atoms with Crippen molar-refractivity contribution in [1.82, 2.24) is 0 Å². The molecular weight excluding hydrogens is 579 g/mol. The number of ketones is 3. The smallest absolute Gasteiger partial charge is 0.432 e. The van der Waals surface area contributed by atoms with Crippen LogP contribution < -0.4 is 0 Å². The van der Waals surface area contributed by atoms with Gasteiger partial charge < -0.3 is 4.74 Å². The van der Waals surface area contributed by atoms with Crippen LogP contribution in [0.4, 0.5) is 22.0 Å². The molecule has 9 atom stereocenters. The number of esters is 1. The summed E-state index contributed by atoms with van der Waals surface area (Å²) in [5, 5.41) is -5.81. The van der Waals surface area contributed by atoms with Crippen LogP contribution in [0.25, 0.3) is 0 Å². The van der Waals surface area contributed by atoms with E-state index < -0.39 is 51.4 Å². The quantitative estimate of drug-likeness (QED) is 0.242. The lowest BCUT2D eigenvalue weighted by atomic mass is 9.44. The Morgan fingerprint density at radius 2 is 1.68 bits per heavy atom. The van der Waals surface area contributed by atoms with Gasteiger partial charge in [-0.2, -0.15) is 30.4 Å². The first-order valence-electron chi connectivity index (χ1n) is 13.8. The van der Waals surface area contributed by atoms with E-state index in [0.717, 1.165) is 0 Å². The van der Waals surface area contributed by atoms with Crippen LogP contribution in [-0.4, -0.2) is 53.8 Å². The lowest BCUT2D eigenvalue weighted by Crippen LogP contribution is -2.60. The molecule has 0 aromatic carbocycles. The normalized spacial score (nSPS) is 37.6. The Hall–Kier alpha value is -1.96. The molecule has 4 fully saturated rings. The summed E-state index contributed by atoms with van der Waals surface area (Å²) in [4.78, 5) is 51.5. The fourth-order valence-electron chi connectivity index (χ4n) is 8.59. The third kappa shape index (κ3) is 5.25. The molecule has 8 nitrogen and oxygen atoms in total. The number of hydrogen-bond acceptors (Lipinski definition) is 7. The highest BCUT2D eigenvalue weighted by molar-refractivity contribution is 7.86. The number of halogens is 5. The van der Waals surface area contributed by atoms with Gasteiger partial charge in [-0.3, -0.25) is 23.7 Å². The average Bonchev–Trinajstić information content (AvgIpc) is 3.19. The van der Waals surface area contributed by atoms with Gasteiger partial charge >= 0.3 is 27.5 Å². The van der Waals surface area contributed by atoms with Crippen molar-refractivity contribution in [2.24, 2.45) is 46.3 Å². The van der Waals surface area contributed by atoms with Crippen molar-refractivity contribution >= 4 is 33.4 Å². The minimum atomic E-state index is -6.54. The van der Waals surface area contributed by atoms with Crippen molar-refractivity contribution in [2.75, 3.05) is 0 Å². The van der Waals surface area contributed by atoms with Crippen LogP contribution in [0.5, 0.6) is 0 Å². The number of carbonyl (C=O) groups excluding carboxylic acids is 4. The Kier molecular flexibility index (Phi) is 8.06. The van der Waals surface area contributed by atoms with Crippen LogP contribution in [0.2, 0.25) is 0 Å². The predicted molar refractivity (Wildman–Crippen MR) is 132 cm³/mol. The highest BCUT2D eigenvalue weighted by Gasteiger charge is 2.67. The standard InChI is InChI=1S/C27H35F5O8S/c1-13(4-7-21(36)40-23(26(28,29)30)27(31,32)41(37,38)39)16-5-6-17-22-18(12-20(35)25(16,17)3)24(2)9-8-15(33)10-14(24)11-19(22)34/h13-14,16-18,22-23H,4-12H2,1-3H3,(H,37,38,39)/t13?,14-,16+,17+,18+,22+,23?,24+,25-/m1/s1. The molecule has 4 rings (SSSR count). The first kappa shape index (κ1) is 32.0. The lowest BCUT2D eigenvalue weighted by Gasteiger charge is -2.58. The van der Waals surface area contributed by atoms with Crippen LogP contribution in [-0.2, 0) is 34.0 Å². The Labute approximate surface area is 234 Å². The molecule has 2 unspecified atom stereocenters. The maximum absolute atomic E-state index is 13.8. The second kappa shape index (κ2) is 10.3. The van der Waals surface area contributed by atoms with E-state index in [0.29, 0.717) is 32.1 Å². The van der Waals surface area contributed by atoms with Crippen LogP contribution >= 0.6 is 0 Å². The second-order valence-electron chi connectivity index (χ2n) is 12.9. The third-order valence-corrected chi connectivity index (χ3v) is 11.8. The summed E-state index contributed by atoms with van der Waals surface area (Å²) in [7, 11) is -6.54. The van der Waals surface area contributed by atoms with Crippen molar-refractivity contribution < 1.29 is 58.8 Å². The van der Waals surface area contributed by atoms with Crippen molar-refractivity contribution in [3.8, 4) is 0 Å². The maximum atomic E-state index is 13.8. The summed E-state index contributed by atoms with van der Waals surface area (Å²) in [5.41, 5.74) is -1.24. The fourth-order valence-corrected chi connectivity index (χ4v) is 9.04. The summed E-state index contributed by atoms with van der Waals surface area (Å²) in [6.45, 7) is 5.55. The van der Waals surface area contributed by atoms with Gasteiger partial charge in [-0.1, -0.05) is 20.8 Å². The number of fused-ring (bicyclic) bond motifs is 5. The van der Waals surface area contributed by atoms with E-state index in [1.165, 1.54) is 0 Å². The van der Waals surface area contributed by atoms with Crippen LogP contribution in [0, 0.1) is 46.3 Å². The first-order chi connectivity index (χ1) is 18.7. The molecule has 0 amide bonds. The van der Waals surface area contributed by atoms with Gasteiger partial charge in [-0.05, 0) is 60.7 Å². The topological polar surface area (TPSA) is 132 Å². The monoisotopic (exact) mass is 614 g/mol. The van der Waals surface area contributed by atoms with Gasteiger partial charge in [0, 0.05) is 43.4 Å². The van der Waals surface area contributed by atoms with Crippen molar-refractivity contribution in [2.45, 2.75) is 96.1 Å². The molecule has 4 saturated carbocycles. The summed E-state index contributed by atoms with van der Waals surface area (Å²) in [6, 6.07) is 0. The molecule has 0 aromatic heterocycles. The zero-order chi connectivity index (χ0) is 30.9. The van der Waals surface area contributed by atoms with E-state index in [1.54, 1.807) is 13.8 Å². The van der Waals surface area contributed by atoms with Gasteiger partial charge in [0.1, 0.15) is 17.3 Å². The molecule has 0 spiro atoms. The highest BCUT2D eigenvalue weighted by Crippen LogP contribution is 2.66. The van der Waals surface area contributed by atoms with Crippen molar-refractivity contribution in [3.05, 3.63) is 0 Å². The minimum absolute atomic E-state index is 0.0304. The van der Waals surface area contributed by atoms with E-state index in [-0.39, 0.29) is 71.6 Å². The maximum Gasteiger partial charge on any atom is 0.432 e. The molecular formula is C27H35F5O8S. The summed E-state index contributed by atoms with van der Waals surface area (Å²) in [5.74, 6) is -3.26. The Morgan fingerprint density at radius 3 is 2.27 bits per heavy atom. The van der Waals surface area contributed by atoms with Crippen molar-refractivity contribution in [3.63, 3.8) is 0 Å². The first-order valence-corrected chi connectivity index (χ1v) is 15.3. The lowest BCUT2D eigenvalue weighted by molar-refractivity contribution is -0.259. The Bertz CT molecular complexity index is 1230. The molecule has 0 aliphatic heterocycles. The Morgan fingerprint density at radius 1 is 1.05 bits per heavy atom. The molecule has 14 heteroatoms. The molecule has 0 heterocycles. The second-order valence-corrected chi connectivity index (χ2v) is 14.4. The molecule has 0 aromatic rings. The van der Waals surface area contributed by atoms with Gasteiger partial charge in [0.25, 0.3) is 6.10 Å². The number of hydrogen-bond donors (Lipinski definition) is 1. The average molecular weight is 615 g/mol. The number of alkyl halides is 5. The largest absolute Gasteiger partial charge is 0.445 e. The van der Waals surface area contributed by atoms with E-state index in [2.05, 4.69) is 11.7 Å². The molecule has 4 aliphatic carbocycles. The molecule has 41 heavy (non-hydrogen) atoms. The highest BCUT2D eigenvalue weighted by atomic mass is 32.2. The number of ether oxygens (including phenoxy) is 1. The summed E-state index contributed by atoms with van der Waals surface area (Å²) in [6.07, 6.45) is -8.36. The number of carbonyl (C=O) groups is 4.